The smallest absolute Gasteiger partial charge is 0.220 e. The number of hydrogen-bond donors (Lipinski definition) is 2. The van der Waals surface area contributed by atoms with Gasteiger partial charge in [-0.1, -0.05) is 26.0 Å². The van der Waals surface area contributed by atoms with E-state index in [1.165, 1.54) is 0 Å². The number of rotatable bonds is 10. The van der Waals surface area contributed by atoms with E-state index in [2.05, 4.69) is 10.6 Å². The highest BCUT2D eigenvalue weighted by molar-refractivity contribution is 5.82. The Morgan fingerprint density at radius 3 is 2.26 bits per heavy atom. The van der Waals surface area contributed by atoms with Gasteiger partial charge in [-0.25, -0.2) is 0 Å². The summed E-state index contributed by atoms with van der Waals surface area (Å²) in [6.45, 7) is 8.27. The van der Waals surface area contributed by atoms with Crippen LogP contribution in [0.15, 0.2) is 24.3 Å². The lowest BCUT2D eigenvalue weighted by molar-refractivity contribution is -0.121. The zero-order chi connectivity index (χ0) is 17.2. The zero-order valence-electron chi connectivity index (χ0n) is 14.5. The Morgan fingerprint density at radius 1 is 1.04 bits per heavy atom. The van der Waals surface area contributed by atoms with Crippen LogP contribution in [0.25, 0.3) is 0 Å². The molecule has 1 aromatic carbocycles. The maximum Gasteiger partial charge on any atom is 0.220 e. The van der Waals surface area contributed by atoms with Gasteiger partial charge >= 0.3 is 0 Å². The Labute approximate surface area is 138 Å². The number of carbonyl (C=O) groups excluding carboxylic acids is 2. The van der Waals surface area contributed by atoms with Crippen LogP contribution in [0.3, 0.4) is 0 Å². The van der Waals surface area contributed by atoms with Gasteiger partial charge in [-0.05, 0) is 38.0 Å². The van der Waals surface area contributed by atoms with Crippen molar-refractivity contribution in [2.75, 3.05) is 13.2 Å². The number of carbonyl (C=O) groups is 2. The molecule has 128 valence electrons. The van der Waals surface area contributed by atoms with E-state index in [4.69, 9.17) is 4.74 Å². The molecule has 5 nitrogen and oxygen atoms in total. The van der Waals surface area contributed by atoms with Crippen LogP contribution in [0.5, 0.6) is 5.75 Å². The van der Waals surface area contributed by atoms with Crippen LogP contribution in [0.1, 0.15) is 39.7 Å². The first-order valence-electron chi connectivity index (χ1n) is 8.13. The van der Waals surface area contributed by atoms with Crippen LogP contribution in [-0.2, 0) is 16.0 Å². The second-order valence-electron chi connectivity index (χ2n) is 6.23. The summed E-state index contributed by atoms with van der Waals surface area (Å²) in [5, 5.41) is 5.93. The minimum atomic E-state index is 0.0214. The normalized spacial score (nSPS) is 10.9. The third-order valence-electron chi connectivity index (χ3n) is 3.12. The molecular formula is C18H28N2O3. The molecule has 5 heteroatoms. The summed E-state index contributed by atoms with van der Waals surface area (Å²) in [6.07, 6.45) is 1.16. The quantitative estimate of drug-likeness (QED) is 0.693. The van der Waals surface area contributed by atoms with Gasteiger partial charge in [0.15, 0.2) is 5.78 Å². The number of ether oxygens (including phenoxy) is 1. The first-order valence-corrected chi connectivity index (χ1v) is 8.13. The monoisotopic (exact) mass is 320 g/mol. The molecule has 0 saturated carbocycles. The zero-order valence-corrected chi connectivity index (χ0v) is 14.5. The average molecular weight is 320 g/mol. The molecule has 0 radical (unpaired) electrons. The highest BCUT2D eigenvalue weighted by Crippen LogP contribution is 2.13. The van der Waals surface area contributed by atoms with Crippen molar-refractivity contribution in [3.05, 3.63) is 29.8 Å². The fourth-order valence-electron chi connectivity index (χ4n) is 1.94. The molecule has 0 heterocycles. The molecule has 0 saturated heterocycles. The van der Waals surface area contributed by atoms with Gasteiger partial charge in [0.05, 0.1) is 6.54 Å². The lowest BCUT2D eigenvalue weighted by atomic mass is 10.1. The molecule has 0 bridgehead atoms. The number of benzene rings is 1. The Hall–Kier alpha value is -1.88. The molecular weight excluding hydrogens is 292 g/mol. The van der Waals surface area contributed by atoms with E-state index in [0.29, 0.717) is 25.1 Å². The molecule has 0 aromatic heterocycles. The van der Waals surface area contributed by atoms with Crippen LogP contribution in [0.4, 0.5) is 0 Å². The third-order valence-corrected chi connectivity index (χ3v) is 3.12. The van der Waals surface area contributed by atoms with Crippen molar-refractivity contribution in [1.82, 2.24) is 10.6 Å². The lowest BCUT2D eigenvalue weighted by Gasteiger charge is -2.10. The van der Waals surface area contributed by atoms with Gasteiger partial charge in [-0.15, -0.1) is 0 Å². The minimum absolute atomic E-state index is 0.0214. The molecule has 0 atom stereocenters. The van der Waals surface area contributed by atoms with E-state index in [1.54, 1.807) is 0 Å². The molecule has 1 rings (SSSR count). The van der Waals surface area contributed by atoms with Crippen molar-refractivity contribution in [2.24, 2.45) is 0 Å². The van der Waals surface area contributed by atoms with Crippen LogP contribution in [0.2, 0.25) is 0 Å². The predicted molar refractivity (Wildman–Crippen MR) is 91.7 cm³/mol. The Kier molecular flexibility index (Phi) is 8.33. The Morgan fingerprint density at radius 2 is 1.70 bits per heavy atom. The van der Waals surface area contributed by atoms with E-state index < -0.39 is 0 Å². The molecule has 0 spiro atoms. The first kappa shape index (κ1) is 19.2. The molecule has 23 heavy (non-hydrogen) atoms. The van der Waals surface area contributed by atoms with E-state index >= 15 is 0 Å². The SMILES string of the molecule is CC(C)NCC(=O)COc1ccc(CCC(=O)NC(C)C)cc1. The number of Topliss-reactive ketones (excluding diaryl/α,β-unsaturated/α-hetero) is 1. The van der Waals surface area contributed by atoms with E-state index in [0.717, 1.165) is 5.56 Å². The number of aryl methyl sites for hydroxylation is 1. The highest BCUT2D eigenvalue weighted by Gasteiger charge is 2.06. The summed E-state index contributed by atoms with van der Waals surface area (Å²) in [5.74, 6) is 0.745. The second-order valence-corrected chi connectivity index (χ2v) is 6.23. The maximum atomic E-state index is 11.6. The van der Waals surface area contributed by atoms with Crippen molar-refractivity contribution < 1.29 is 14.3 Å². The standard InChI is InChI=1S/C18H28N2O3/c1-13(2)19-11-16(21)12-23-17-8-5-15(6-9-17)7-10-18(22)20-14(3)4/h5-6,8-9,13-14,19H,7,10-12H2,1-4H3,(H,20,22). The summed E-state index contributed by atoms with van der Waals surface area (Å²) in [4.78, 5) is 23.2. The summed E-state index contributed by atoms with van der Waals surface area (Å²) >= 11 is 0. The average Bonchev–Trinajstić information content (AvgIpc) is 2.49. The van der Waals surface area contributed by atoms with Gasteiger partial charge in [-0.2, -0.15) is 0 Å². The summed E-state index contributed by atoms with van der Waals surface area (Å²) < 4.78 is 5.46. The Bertz CT molecular complexity index is 495. The summed E-state index contributed by atoms with van der Waals surface area (Å²) in [6, 6.07) is 7.97. The number of nitrogens with one attached hydrogen (secondary N) is 2. The predicted octanol–water partition coefficient (Wildman–Crippen LogP) is 2.09. The number of amides is 1. The molecule has 0 aliphatic rings. The van der Waals surface area contributed by atoms with Crippen molar-refractivity contribution in [3.8, 4) is 5.75 Å². The fourth-order valence-corrected chi connectivity index (χ4v) is 1.94. The molecule has 0 aliphatic heterocycles. The maximum absolute atomic E-state index is 11.6. The summed E-state index contributed by atoms with van der Waals surface area (Å²) in [7, 11) is 0. The van der Waals surface area contributed by atoms with Crippen LogP contribution in [0, 0.1) is 0 Å². The first-order chi connectivity index (χ1) is 10.9. The van der Waals surface area contributed by atoms with Crippen molar-refractivity contribution in [2.45, 2.75) is 52.6 Å². The van der Waals surface area contributed by atoms with Gasteiger partial charge in [0.2, 0.25) is 5.91 Å². The largest absolute Gasteiger partial charge is 0.486 e. The number of hydrogen-bond acceptors (Lipinski definition) is 4. The molecule has 1 amide bonds. The highest BCUT2D eigenvalue weighted by atomic mass is 16.5. The fraction of sp³-hybridized carbons (Fsp3) is 0.556. The summed E-state index contributed by atoms with van der Waals surface area (Å²) in [5.41, 5.74) is 1.07. The molecule has 0 fully saturated rings. The Balaban J connectivity index is 2.33. The third kappa shape index (κ3) is 8.98. The molecule has 0 aliphatic carbocycles. The minimum Gasteiger partial charge on any atom is -0.486 e. The van der Waals surface area contributed by atoms with E-state index in [-0.39, 0.29) is 30.4 Å². The lowest BCUT2D eigenvalue weighted by Crippen LogP contribution is -2.31. The van der Waals surface area contributed by atoms with Crippen LogP contribution < -0.4 is 15.4 Å². The van der Waals surface area contributed by atoms with Gasteiger partial charge < -0.3 is 15.4 Å². The van der Waals surface area contributed by atoms with Crippen molar-refractivity contribution >= 4 is 11.7 Å². The second kappa shape index (κ2) is 10.0. The van der Waals surface area contributed by atoms with Gasteiger partial charge in [0.25, 0.3) is 0 Å². The molecule has 1 aromatic rings. The van der Waals surface area contributed by atoms with E-state index in [9.17, 15) is 9.59 Å². The van der Waals surface area contributed by atoms with Crippen LogP contribution >= 0.6 is 0 Å². The molecule has 0 unspecified atom stereocenters. The van der Waals surface area contributed by atoms with Crippen molar-refractivity contribution in [3.63, 3.8) is 0 Å². The number of ketones is 1. The topological polar surface area (TPSA) is 67.4 Å². The van der Waals surface area contributed by atoms with Gasteiger partial charge in [0, 0.05) is 18.5 Å². The van der Waals surface area contributed by atoms with Gasteiger partial charge in [0.1, 0.15) is 12.4 Å². The van der Waals surface area contributed by atoms with Crippen LogP contribution in [-0.4, -0.2) is 36.9 Å². The molecule has 2 N–H and O–H groups in total. The van der Waals surface area contributed by atoms with E-state index in [1.807, 2.05) is 52.0 Å². The van der Waals surface area contributed by atoms with Crippen molar-refractivity contribution in [1.29, 1.82) is 0 Å². The van der Waals surface area contributed by atoms with Gasteiger partial charge in [-0.3, -0.25) is 9.59 Å².